The van der Waals surface area contributed by atoms with Gasteiger partial charge in [-0.1, -0.05) is 32.9 Å². The summed E-state index contributed by atoms with van der Waals surface area (Å²) in [5.41, 5.74) is -0.569. The summed E-state index contributed by atoms with van der Waals surface area (Å²) >= 11 is 0. The van der Waals surface area contributed by atoms with E-state index in [1.807, 2.05) is 20.8 Å². The minimum Gasteiger partial charge on any atom is -0.480 e. The van der Waals surface area contributed by atoms with Gasteiger partial charge in [0, 0.05) is 17.5 Å². The predicted molar refractivity (Wildman–Crippen MR) is 86.9 cm³/mol. The van der Waals surface area contributed by atoms with Gasteiger partial charge in [0.15, 0.2) is 0 Å². The smallest absolute Gasteiger partial charge is 0.328 e. The fraction of sp³-hybridized carbons (Fsp3) is 0.471. The Hall–Kier alpha value is -2.37. The van der Waals surface area contributed by atoms with Crippen LogP contribution in [-0.2, 0) is 16.1 Å². The minimum absolute atomic E-state index is 0.0532. The zero-order chi connectivity index (χ0) is 17.8. The van der Waals surface area contributed by atoms with Gasteiger partial charge in [-0.15, -0.1) is 0 Å². The molecule has 0 aliphatic heterocycles. The van der Waals surface area contributed by atoms with Gasteiger partial charge in [-0.25, -0.2) is 4.79 Å². The van der Waals surface area contributed by atoms with E-state index in [0.29, 0.717) is 12.1 Å². The Balaban J connectivity index is 2.68. The third-order valence-corrected chi connectivity index (χ3v) is 3.31. The fourth-order valence-corrected chi connectivity index (χ4v) is 1.63. The molecule has 0 spiro atoms. The first-order valence-corrected chi connectivity index (χ1v) is 7.36. The SMILES string of the molecule is CC(C)(C)C(=O)NCc1ccc(C(=O)NC(C)(C)C(=O)O)cc1. The molecule has 0 heterocycles. The van der Waals surface area contributed by atoms with Crippen LogP contribution in [0.15, 0.2) is 24.3 Å². The number of carbonyl (C=O) groups excluding carboxylic acids is 2. The lowest BCUT2D eigenvalue weighted by molar-refractivity contribution is -0.143. The van der Waals surface area contributed by atoms with E-state index in [4.69, 9.17) is 5.11 Å². The summed E-state index contributed by atoms with van der Waals surface area (Å²) in [6.07, 6.45) is 0. The number of nitrogens with one attached hydrogen (secondary N) is 2. The zero-order valence-corrected chi connectivity index (χ0v) is 14.2. The maximum Gasteiger partial charge on any atom is 0.328 e. The first-order chi connectivity index (χ1) is 10.4. The number of carbonyl (C=O) groups is 3. The Labute approximate surface area is 136 Å². The summed E-state index contributed by atoms with van der Waals surface area (Å²) in [7, 11) is 0. The number of benzene rings is 1. The van der Waals surface area contributed by atoms with E-state index < -0.39 is 22.8 Å². The molecule has 1 aromatic rings. The molecule has 1 rings (SSSR count). The molecule has 2 amide bonds. The third kappa shape index (κ3) is 5.39. The molecule has 0 saturated heterocycles. The second kappa shape index (κ2) is 6.81. The van der Waals surface area contributed by atoms with Crippen molar-refractivity contribution in [2.75, 3.05) is 0 Å². The molecule has 6 nitrogen and oxygen atoms in total. The van der Waals surface area contributed by atoms with E-state index in [-0.39, 0.29) is 5.91 Å². The Kier molecular flexibility index (Phi) is 5.53. The van der Waals surface area contributed by atoms with E-state index in [2.05, 4.69) is 10.6 Å². The van der Waals surface area contributed by atoms with Crippen molar-refractivity contribution in [1.29, 1.82) is 0 Å². The molecule has 0 saturated carbocycles. The van der Waals surface area contributed by atoms with Crippen LogP contribution in [0.1, 0.15) is 50.5 Å². The van der Waals surface area contributed by atoms with Crippen LogP contribution in [0.3, 0.4) is 0 Å². The van der Waals surface area contributed by atoms with Crippen LogP contribution in [0, 0.1) is 5.41 Å². The molecular weight excluding hydrogens is 296 g/mol. The summed E-state index contributed by atoms with van der Waals surface area (Å²) in [6.45, 7) is 8.71. The highest BCUT2D eigenvalue weighted by Crippen LogP contribution is 2.13. The molecule has 6 heteroatoms. The molecule has 0 aliphatic carbocycles. The number of amides is 2. The average Bonchev–Trinajstić information content (AvgIpc) is 2.43. The van der Waals surface area contributed by atoms with Gasteiger partial charge in [-0.2, -0.15) is 0 Å². The number of carboxylic acid groups (broad SMARTS) is 1. The van der Waals surface area contributed by atoms with Crippen LogP contribution >= 0.6 is 0 Å². The molecule has 0 fully saturated rings. The maximum absolute atomic E-state index is 12.0. The van der Waals surface area contributed by atoms with Crippen molar-refractivity contribution >= 4 is 17.8 Å². The number of hydrogen-bond acceptors (Lipinski definition) is 3. The van der Waals surface area contributed by atoms with Gasteiger partial charge < -0.3 is 15.7 Å². The number of hydrogen-bond donors (Lipinski definition) is 3. The van der Waals surface area contributed by atoms with Crippen LogP contribution in [-0.4, -0.2) is 28.4 Å². The quantitative estimate of drug-likeness (QED) is 0.772. The van der Waals surface area contributed by atoms with Gasteiger partial charge in [-0.05, 0) is 31.5 Å². The molecule has 3 N–H and O–H groups in total. The van der Waals surface area contributed by atoms with Gasteiger partial charge in [0.2, 0.25) is 5.91 Å². The van der Waals surface area contributed by atoms with Crippen molar-refractivity contribution in [2.45, 2.75) is 46.7 Å². The van der Waals surface area contributed by atoms with E-state index >= 15 is 0 Å². The lowest BCUT2D eigenvalue weighted by atomic mass is 9.95. The Morgan fingerprint density at radius 2 is 1.52 bits per heavy atom. The van der Waals surface area contributed by atoms with Crippen LogP contribution in [0.4, 0.5) is 0 Å². The largest absolute Gasteiger partial charge is 0.480 e. The van der Waals surface area contributed by atoms with Crippen molar-refractivity contribution < 1.29 is 19.5 Å². The highest BCUT2D eigenvalue weighted by Gasteiger charge is 2.29. The molecule has 1 aromatic carbocycles. The van der Waals surface area contributed by atoms with Gasteiger partial charge in [-0.3, -0.25) is 9.59 Å². The van der Waals surface area contributed by atoms with Gasteiger partial charge in [0.25, 0.3) is 5.91 Å². The standard InChI is InChI=1S/C17H24N2O4/c1-16(2,3)14(21)18-10-11-6-8-12(9-7-11)13(20)19-17(4,5)15(22)23/h6-9H,10H2,1-5H3,(H,18,21)(H,19,20)(H,22,23). The van der Waals surface area contributed by atoms with Crippen LogP contribution in [0.25, 0.3) is 0 Å². The van der Waals surface area contributed by atoms with Crippen molar-refractivity contribution in [3.05, 3.63) is 35.4 Å². The van der Waals surface area contributed by atoms with Crippen LogP contribution in [0.5, 0.6) is 0 Å². The number of carboxylic acids is 1. The van der Waals surface area contributed by atoms with Crippen molar-refractivity contribution in [1.82, 2.24) is 10.6 Å². The fourth-order valence-electron chi connectivity index (χ4n) is 1.63. The Morgan fingerprint density at radius 1 is 1.00 bits per heavy atom. The summed E-state index contributed by atoms with van der Waals surface area (Å²) in [4.78, 5) is 34.8. The Bertz CT molecular complexity index is 598. The molecule has 0 aromatic heterocycles. The average molecular weight is 320 g/mol. The molecular formula is C17H24N2O4. The summed E-state index contributed by atoms with van der Waals surface area (Å²) in [5.74, 6) is -1.61. The molecule has 0 atom stereocenters. The first kappa shape index (κ1) is 18.7. The highest BCUT2D eigenvalue weighted by atomic mass is 16.4. The molecule has 0 unspecified atom stereocenters. The van der Waals surface area contributed by atoms with Gasteiger partial charge in [0.05, 0.1) is 0 Å². The minimum atomic E-state index is -1.34. The van der Waals surface area contributed by atoms with Crippen molar-refractivity contribution in [2.24, 2.45) is 5.41 Å². The first-order valence-electron chi connectivity index (χ1n) is 7.36. The second-order valence-electron chi connectivity index (χ2n) is 7.01. The predicted octanol–water partition coefficient (Wildman–Crippen LogP) is 1.94. The van der Waals surface area contributed by atoms with Gasteiger partial charge in [0.1, 0.15) is 5.54 Å². The monoisotopic (exact) mass is 320 g/mol. The second-order valence-corrected chi connectivity index (χ2v) is 7.01. The van der Waals surface area contributed by atoms with E-state index in [1.54, 1.807) is 24.3 Å². The summed E-state index contributed by atoms with van der Waals surface area (Å²) in [5, 5.41) is 14.3. The lowest BCUT2D eigenvalue weighted by Crippen LogP contribution is -2.49. The molecule has 126 valence electrons. The van der Waals surface area contributed by atoms with Crippen molar-refractivity contribution in [3.63, 3.8) is 0 Å². The maximum atomic E-state index is 12.0. The third-order valence-electron chi connectivity index (χ3n) is 3.31. The van der Waals surface area contributed by atoms with E-state index in [0.717, 1.165) is 5.56 Å². The van der Waals surface area contributed by atoms with Crippen LogP contribution in [0.2, 0.25) is 0 Å². The Morgan fingerprint density at radius 3 is 1.96 bits per heavy atom. The van der Waals surface area contributed by atoms with Gasteiger partial charge >= 0.3 is 5.97 Å². The number of aliphatic carboxylic acids is 1. The van der Waals surface area contributed by atoms with Crippen molar-refractivity contribution in [3.8, 4) is 0 Å². The molecule has 0 radical (unpaired) electrons. The van der Waals surface area contributed by atoms with E-state index in [9.17, 15) is 14.4 Å². The summed E-state index contributed by atoms with van der Waals surface area (Å²) < 4.78 is 0. The summed E-state index contributed by atoms with van der Waals surface area (Å²) in [6, 6.07) is 6.66. The van der Waals surface area contributed by atoms with E-state index in [1.165, 1.54) is 13.8 Å². The molecule has 0 aliphatic rings. The van der Waals surface area contributed by atoms with Crippen LogP contribution < -0.4 is 10.6 Å². The molecule has 23 heavy (non-hydrogen) atoms. The number of rotatable bonds is 5. The topological polar surface area (TPSA) is 95.5 Å². The zero-order valence-electron chi connectivity index (χ0n) is 14.2. The molecule has 0 bridgehead atoms. The lowest BCUT2D eigenvalue weighted by Gasteiger charge is -2.21. The normalized spacial score (nSPS) is 11.7. The highest BCUT2D eigenvalue weighted by molar-refractivity contribution is 5.97.